The second-order valence-electron chi connectivity index (χ2n) is 9.20. The minimum atomic E-state index is -0.291. The van der Waals surface area contributed by atoms with Gasteiger partial charge in [0.25, 0.3) is 0 Å². The van der Waals surface area contributed by atoms with Crippen LogP contribution >= 0.6 is 0 Å². The minimum Gasteiger partial charge on any atom is -0.393 e. The molecule has 4 rings (SSSR count). The van der Waals surface area contributed by atoms with Crippen LogP contribution in [-0.4, -0.2) is 28.2 Å². The van der Waals surface area contributed by atoms with Crippen LogP contribution in [0, 0.1) is 34.5 Å². The van der Waals surface area contributed by atoms with Crippen LogP contribution in [0.3, 0.4) is 0 Å². The first-order valence-corrected chi connectivity index (χ1v) is 9.25. The molecule has 4 aliphatic carbocycles. The van der Waals surface area contributed by atoms with Gasteiger partial charge in [0.15, 0.2) is 0 Å². The summed E-state index contributed by atoms with van der Waals surface area (Å²) < 4.78 is 0. The van der Waals surface area contributed by atoms with Crippen molar-refractivity contribution in [3.05, 3.63) is 0 Å². The fraction of sp³-hybridized carbons (Fsp3) is 0.947. The first-order chi connectivity index (χ1) is 10.4. The van der Waals surface area contributed by atoms with Gasteiger partial charge in [0.2, 0.25) is 0 Å². The van der Waals surface area contributed by atoms with Crippen molar-refractivity contribution in [1.82, 2.24) is 0 Å². The third-order valence-electron chi connectivity index (χ3n) is 8.27. The van der Waals surface area contributed by atoms with E-state index >= 15 is 0 Å². The predicted molar refractivity (Wildman–Crippen MR) is 84.1 cm³/mol. The summed E-state index contributed by atoms with van der Waals surface area (Å²) in [6, 6.07) is 0. The van der Waals surface area contributed by atoms with E-state index in [9.17, 15) is 15.0 Å². The van der Waals surface area contributed by atoms with E-state index in [1.165, 1.54) is 0 Å². The Morgan fingerprint density at radius 2 is 1.77 bits per heavy atom. The summed E-state index contributed by atoms with van der Waals surface area (Å²) in [6.07, 6.45) is 7.11. The molecule has 4 fully saturated rings. The number of carbonyl (C=O) groups is 1. The number of rotatable bonds is 0. The van der Waals surface area contributed by atoms with E-state index in [0.717, 1.165) is 44.9 Å². The smallest absolute Gasteiger partial charge is 0.137 e. The van der Waals surface area contributed by atoms with Crippen LogP contribution in [0.5, 0.6) is 0 Å². The van der Waals surface area contributed by atoms with E-state index in [4.69, 9.17) is 0 Å². The van der Waals surface area contributed by atoms with Gasteiger partial charge < -0.3 is 10.2 Å². The average molecular weight is 306 g/mol. The number of carbonyl (C=O) groups excluding carboxylic acids is 1. The molecule has 0 aromatic rings. The number of Topliss-reactive ketones (excluding diaryl/α,β-unsaturated/α-hetero) is 1. The molecule has 8 atom stereocenters. The maximum atomic E-state index is 13.1. The van der Waals surface area contributed by atoms with Crippen molar-refractivity contribution >= 4 is 5.78 Å². The van der Waals surface area contributed by atoms with Gasteiger partial charge in [-0.1, -0.05) is 13.8 Å². The Morgan fingerprint density at radius 1 is 1.00 bits per heavy atom. The number of aliphatic hydroxyl groups is 2. The monoisotopic (exact) mass is 306 g/mol. The van der Waals surface area contributed by atoms with Crippen LogP contribution in [0.2, 0.25) is 0 Å². The molecule has 4 aliphatic rings. The summed E-state index contributed by atoms with van der Waals surface area (Å²) in [5.41, 5.74) is -0.0796. The zero-order valence-electron chi connectivity index (χ0n) is 13.9. The van der Waals surface area contributed by atoms with Crippen LogP contribution in [0.4, 0.5) is 0 Å². The van der Waals surface area contributed by atoms with Crippen molar-refractivity contribution < 1.29 is 15.0 Å². The summed E-state index contributed by atoms with van der Waals surface area (Å²) >= 11 is 0. The Labute approximate surface area is 133 Å². The molecule has 0 saturated heterocycles. The van der Waals surface area contributed by atoms with E-state index in [1.54, 1.807) is 0 Å². The fourth-order valence-electron chi connectivity index (χ4n) is 7.03. The highest BCUT2D eigenvalue weighted by molar-refractivity contribution is 5.84. The Balaban J connectivity index is 1.69. The highest BCUT2D eigenvalue weighted by Gasteiger charge is 2.63. The number of fused-ring (bicyclic) bond motifs is 5. The topological polar surface area (TPSA) is 57.5 Å². The highest BCUT2D eigenvalue weighted by atomic mass is 16.3. The van der Waals surface area contributed by atoms with Crippen LogP contribution in [0.1, 0.15) is 65.2 Å². The van der Waals surface area contributed by atoms with Crippen molar-refractivity contribution in [3.63, 3.8) is 0 Å². The van der Waals surface area contributed by atoms with Crippen molar-refractivity contribution in [1.29, 1.82) is 0 Å². The zero-order chi connectivity index (χ0) is 15.7. The first kappa shape index (κ1) is 15.1. The Hall–Kier alpha value is -0.410. The van der Waals surface area contributed by atoms with Gasteiger partial charge in [0, 0.05) is 17.8 Å². The molecule has 0 aliphatic heterocycles. The molecule has 0 aromatic carbocycles. The molecule has 0 spiro atoms. The first-order valence-electron chi connectivity index (χ1n) is 9.25. The van der Waals surface area contributed by atoms with Gasteiger partial charge in [-0.2, -0.15) is 0 Å². The molecule has 4 saturated carbocycles. The Kier molecular flexibility index (Phi) is 3.30. The van der Waals surface area contributed by atoms with Crippen LogP contribution in [-0.2, 0) is 4.79 Å². The molecule has 124 valence electrons. The summed E-state index contributed by atoms with van der Waals surface area (Å²) in [5, 5.41) is 20.5. The molecule has 0 aromatic heterocycles. The summed E-state index contributed by atoms with van der Waals surface area (Å²) in [7, 11) is 0. The summed E-state index contributed by atoms with van der Waals surface area (Å²) in [6.45, 7) is 4.48. The largest absolute Gasteiger partial charge is 0.393 e. The van der Waals surface area contributed by atoms with Crippen LogP contribution in [0.25, 0.3) is 0 Å². The average Bonchev–Trinajstić information content (AvgIpc) is 2.75. The molecule has 3 heteroatoms. The second kappa shape index (κ2) is 4.80. The molecule has 0 bridgehead atoms. The lowest BCUT2D eigenvalue weighted by atomic mass is 9.45. The van der Waals surface area contributed by atoms with Gasteiger partial charge in [-0.05, 0) is 68.1 Å². The fourth-order valence-corrected chi connectivity index (χ4v) is 7.03. The van der Waals surface area contributed by atoms with E-state index in [2.05, 4.69) is 13.8 Å². The lowest BCUT2D eigenvalue weighted by Crippen LogP contribution is -2.58. The minimum absolute atomic E-state index is 0.0914. The Bertz CT molecular complexity index is 489. The maximum absolute atomic E-state index is 13.1. The van der Waals surface area contributed by atoms with E-state index in [1.807, 2.05) is 0 Å². The Morgan fingerprint density at radius 3 is 2.55 bits per heavy atom. The predicted octanol–water partition coefficient (Wildman–Crippen LogP) is 2.93. The zero-order valence-corrected chi connectivity index (χ0v) is 13.9. The second-order valence-corrected chi connectivity index (χ2v) is 9.20. The molecule has 2 N–H and O–H groups in total. The molecule has 3 nitrogen and oxygen atoms in total. The number of hydrogen-bond acceptors (Lipinski definition) is 3. The van der Waals surface area contributed by atoms with Gasteiger partial charge >= 0.3 is 0 Å². The highest BCUT2D eigenvalue weighted by Crippen LogP contribution is 2.65. The summed E-state index contributed by atoms with van der Waals surface area (Å²) in [4.78, 5) is 13.1. The van der Waals surface area contributed by atoms with Gasteiger partial charge in [0.05, 0.1) is 12.2 Å². The van der Waals surface area contributed by atoms with E-state index < -0.39 is 0 Å². The van der Waals surface area contributed by atoms with Crippen molar-refractivity contribution in [2.75, 3.05) is 0 Å². The molecular formula is C19H30O3. The normalized spacial score (nSPS) is 57.9. The quantitative estimate of drug-likeness (QED) is 0.723. The van der Waals surface area contributed by atoms with Crippen LogP contribution < -0.4 is 0 Å². The van der Waals surface area contributed by atoms with Gasteiger partial charge in [-0.15, -0.1) is 0 Å². The van der Waals surface area contributed by atoms with E-state index in [0.29, 0.717) is 30.0 Å². The SMILES string of the molecule is C[C@]12CC[C@@H](O)C[C@H]1CC[C@H]1[C@@H]3CC[C@@H](O)[C@@]3(C)CC(=O)[C@@H]12. The molecular weight excluding hydrogens is 276 g/mol. The van der Waals surface area contributed by atoms with Crippen molar-refractivity contribution in [2.45, 2.75) is 77.4 Å². The standard InChI is InChI=1S/C19H30O3/c1-18-8-7-12(20)9-11(18)3-4-13-14-5-6-16(22)19(14,2)10-15(21)17(13)18/h11-14,16-17,20,22H,3-10H2,1-2H3/t11-,12-,13+,14+,16-,17-,18+,19+/m1/s1. The molecule has 0 radical (unpaired) electrons. The number of hydrogen-bond donors (Lipinski definition) is 2. The molecule has 0 amide bonds. The summed E-state index contributed by atoms with van der Waals surface area (Å²) in [5.74, 6) is 2.10. The molecule has 0 unspecified atom stereocenters. The van der Waals surface area contributed by atoms with Crippen molar-refractivity contribution in [3.8, 4) is 0 Å². The lowest BCUT2D eigenvalue weighted by molar-refractivity contribution is -0.164. The van der Waals surface area contributed by atoms with Crippen molar-refractivity contribution in [2.24, 2.45) is 34.5 Å². The lowest BCUT2D eigenvalue weighted by Gasteiger charge is -2.59. The molecule has 22 heavy (non-hydrogen) atoms. The third kappa shape index (κ3) is 1.84. The van der Waals surface area contributed by atoms with Crippen LogP contribution in [0.15, 0.2) is 0 Å². The number of aliphatic hydroxyl groups excluding tert-OH is 2. The van der Waals surface area contributed by atoms with Gasteiger partial charge in [0.1, 0.15) is 5.78 Å². The third-order valence-corrected chi connectivity index (χ3v) is 8.27. The maximum Gasteiger partial charge on any atom is 0.137 e. The van der Waals surface area contributed by atoms with Gasteiger partial charge in [-0.3, -0.25) is 4.79 Å². The number of ketones is 1. The van der Waals surface area contributed by atoms with E-state index in [-0.39, 0.29) is 29.0 Å². The van der Waals surface area contributed by atoms with Gasteiger partial charge in [-0.25, -0.2) is 0 Å². The molecule has 0 heterocycles.